The molecule has 3 aliphatic heterocycles. The van der Waals surface area contributed by atoms with Crippen molar-refractivity contribution in [2.75, 3.05) is 61.8 Å². The van der Waals surface area contributed by atoms with Crippen molar-refractivity contribution in [1.29, 1.82) is 0 Å². The maximum Gasteiger partial charge on any atom is 0.421 e. The Morgan fingerprint density at radius 1 is 1.02 bits per heavy atom. The number of amides is 1. The van der Waals surface area contributed by atoms with Crippen LogP contribution in [0, 0.1) is 5.92 Å². The van der Waals surface area contributed by atoms with Gasteiger partial charge in [-0.05, 0) is 69.3 Å². The molecular formula is C31H44F3N7O. The van der Waals surface area contributed by atoms with Gasteiger partial charge in [0, 0.05) is 68.8 Å². The SMILES string of the molecule is CCc1cc(N2CCN(C)CC2)ccc1Nc1ncc(C(F)(F)F)c(NCCCN2C(=O)C3CCCCCC2CC3)n1. The lowest BCUT2D eigenvalue weighted by molar-refractivity contribution is -0.142. The maximum absolute atomic E-state index is 13.8. The average Bonchev–Trinajstić information content (AvgIpc) is 3.13. The molecule has 1 aromatic carbocycles. The van der Waals surface area contributed by atoms with Gasteiger partial charge in [0.1, 0.15) is 11.4 Å². The summed E-state index contributed by atoms with van der Waals surface area (Å²) in [5.74, 6) is 0.191. The Balaban J connectivity index is 1.25. The quantitative estimate of drug-likeness (QED) is 0.353. The highest BCUT2D eigenvalue weighted by Gasteiger charge is 2.36. The van der Waals surface area contributed by atoms with Crippen molar-refractivity contribution in [3.63, 3.8) is 0 Å². The third-order valence-corrected chi connectivity index (χ3v) is 9.06. The van der Waals surface area contributed by atoms with Crippen LogP contribution in [0.15, 0.2) is 24.4 Å². The van der Waals surface area contributed by atoms with Crippen molar-refractivity contribution in [2.24, 2.45) is 5.92 Å². The lowest BCUT2D eigenvalue weighted by Gasteiger charge is -2.39. The first-order valence-corrected chi connectivity index (χ1v) is 15.5. The highest BCUT2D eigenvalue weighted by Crippen LogP contribution is 2.35. The van der Waals surface area contributed by atoms with Gasteiger partial charge >= 0.3 is 6.18 Å². The van der Waals surface area contributed by atoms with Gasteiger partial charge in [0.2, 0.25) is 11.9 Å². The third kappa shape index (κ3) is 7.27. The second kappa shape index (κ2) is 13.5. The molecule has 2 unspecified atom stereocenters. The molecule has 2 bridgehead atoms. The molecule has 1 amide bonds. The van der Waals surface area contributed by atoms with Crippen molar-refractivity contribution >= 4 is 29.0 Å². The first-order valence-electron chi connectivity index (χ1n) is 15.5. The predicted molar refractivity (Wildman–Crippen MR) is 160 cm³/mol. The summed E-state index contributed by atoms with van der Waals surface area (Å²) in [6.45, 7) is 6.80. The van der Waals surface area contributed by atoms with E-state index in [4.69, 9.17) is 0 Å². The summed E-state index contributed by atoms with van der Waals surface area (Å²) in [6, 6.07) is 6.38. The number of hydrogen-bond acceptors (Lipinski definition) is 7. The Labute approximate surface area is 247 Å². The van der Waals surface area contributed by atoms with E-state index in [0.717, 1.165) is 94.3 Å². The van der Waals surface area contributed by atoms with E-state index in [9.17, 15) is 18.0 Å². The number of fused-ring (bicyclic) bond motifs is 6. The number of rotatable bonds is 9. The Bertz CT molecular complexity index is 1210. The molecule has 8 nitrogen and oxygen atoms in total. The zero-order valence-electron chi connectivity index (χ0n) is 24.8. The highest BCUT2D eigenvalue weighted by molar-refractivity contribution is 5.80. The number of alkyl halides is 3. The summed E-state index contributed by atoms with van der Waals surface area (Å²) in [7, 11) is 2.12. The summed E-state index contributed by atoms with van der Waals surface area (Å²) >= 11 is 0. The molecule has 6 rings (SSSR count). The van der Waals surface area contributed by atoms with Crippen LogP contribution in [0.2, 0.25) is 0 Å². The summed E-state index contributed by atoms with van der Waals surface area (Å²) < 4.78 is 41.5. The van der Waals surface area contributed by atoms with Gasteiger partial charge in [0.25, 0.3) is 0 Å². The number of anilines is 4. The van der Waals surface area contributed by atoms with Crippen molar-refractivity contribution in [2.45, 2.75) is 76.9 Å². The maximum atomic E-state index is 13.8. The number of piperidine rings is 1. The molecule has 230 valence electrons. The van der Waals surface area contributed by atoms with Gasteiger partial charge in [-0.25, -0.2) is 4.98 Å². The van der Waals surface area contributed by atoms with Crippen LogP contribution in [0.1, 0.15) is 69.4 Å². The molecule has 0 spiro atoms. The topological polar surface area (TPSA) is 76.6 Å². The minimum Gasteiger partial charge on any atom is -0.369 e. The molecule has 1 aliphatic carbocycles. The van der Waals surface area contributed by atoms with Crippen LogP contribution in [-0.2, 0) is 17.4 Å². The van der Waals surface area contributed by atoms with Crippen LogP contribution in [-0.4, -0.2) is 78.0 Å². The lowest BCUT2D eigenvalue weighted by atomic mass is 9.89. The molecule has 4 fully saturated rings. The zero-order valence-corrected chi connectivity index (χ0v) is 24.8. The fourth-order valence-corrected chi connectivity index (χ4v) is 6.51. The van der Waals surface area contributed by atoms with Crippen molar-refractivity contribution in [1.82, 2.24) is 19.8 Å². The van der Waals surface area contributed by atoms with Gasteiger partial charge in [0.15, 0.2) is 0 Å². The second-order valence-corrected chi connectivity index (χ2v) is 11.9. The van der Waals surface area contributed by atoms with Crippen LogP contribution in [0.5, 0.6) is 0 Å². The van der Waals surface area contributed by atoms with Gasteiger partial charge in [-0.1, -0.05) is 26.2 Å². The molecular weight excluding hydrogens is 543 g/mol. The zero-order chi connectivity index (χ0) is 29.7. The van der Waals surface area contributed by atoms with Crippen LogP contribution in [0.25, 0.3) is 0 Å². The number of benzene rings is 1. The predicted octanol–water partition coefficient (Wildman–Crippen LogP) is 5.93. The molecule has 2 N–H and O–H groups in total. The Morgan fingerprint density at radius 3 is 2.57 bits per heavy atom. The van der Waals surface area contributed by atoms with Gasteiger partial charge in [0.05, 0.1) is 0 Å². The third-order valence-electron chi connectivity index (χ3n) is 9.06. The normalized spacial score (nSPS) is 22.1. The fraction of sp³-hybridized carbons (Fsp3) is 0.645. The van der Waals surface area contributed by atoms with E-state index in [-0.39, 0.29) is 36.2 Å². The van der Waals surface area contributed by atoms with E-state index in [0.29, 0.717) is 13.0 Å². The monoisotopic (exact) mass is 587 g/mol. The second-order valence-electron chi connectivity index (χ2n) is 11.9. The van der Waals surface area contributed by atoms with Crippen molar-refractivity contribution in [3.05, 3.63) is 35.5 Å². The van der Waals surface area contributed by atoms with Crippen LogP contribution < -0.4 is 15.5 Å². The molecule has 4 heterocycles. The average molecular weight is 588 g/mol. The number of carbonyl (C=O) groups excluding carboxylic acids is 1. The van der Waals surface area contributed by atoms with Crippen molar-refractivity contribution < 1.29 is 18.0 Å². The Hall–Kier alpha value is -3.08. The highest BCUT2D eigenvalue weighted by atomic mass is 19.4. The molecule has 1 saturated carbocycles. The van der Waals surface area contributed by atoms with Gasteiger partial charge in [-0.2, -0.15) is 18.2 Å². The van der Waals surface area contributed by atoms with E-state index in [1.54, 1.807) is 0 Å². The van der Waals surface area contributed by atoms with Crippen molar-refractivity contribution in [3.8, 4) is 0 Å². The number of likely N-dealkylation sites (N-methyl/N-ethyl adjacent to an activating group) is 1. The minimum absolute atomic E-state index is 0.100. The first kappa shape index (κ1) is 30.4. The lowest BCUT2D eigenvalue weighted by Crippen LogP contribution is -2.48. The van der Waals surface area contributed by atoms with Gasteiger partial charge in [-0.3, -0.25) is 4.79 Å². The number of nitrogens with one attached hydrogen (secondary N) is 2. The molecule has 4 aliphatic rings. The number of halogens is 3. The number of hydrogen-bond donors (Lipinski definition) is 2. The van der Waals surface area contributed by atoms with Crippen LogP contribution in [0.4, 0.5) is 36.3 Å². The number of nitrogens with zero attached hydrogens (tertiary/aromatic N) is 5. The summed E-state index contributed by atoms with van der Waals surface area (Å²) in [5.41, 5.74) is 2.07. The molecule has 2 aromatic rings. The standard InChI is InChI=1S/C31H44F3N7O/c1-3-22-20-25(40-18-16-39(2)17-19-40)12-13-27(22)37-30-36-21-26(31(32,33)34)28(38-30)35-14-7-15-41-24-9-6-4-5-8-23(10-11-24)29(41)42/h12-13,20-21,23-24H,3-11,14-19H2,1-2H3,(H2,35,36,37,38). The molecule has 3 saturated heterocycles. The molecule has 2 atom stereocenters. The van der Waals surface area contributed by atoms with E-state index >= 15 is 0 Å². The van der Waals surface area contributed by atoms with Crippen LogP contribution in [0.3, 0.4) is 0 Å². The van der Waals surface area contributed by atoms with E-state index < -0.39 is 11.7 Å². The van der Waals surface area contributed by atoms with Gasteiger partial charge in [-0.15, -0.1) is 0 Å². The molecule has 11 heteroatoms. The molecule has 42 heavy (non-hydrogen) atoms. The van der Waals surface area contributed by atoms with Gasteiger partial charge < -0.3 is 25.3 Å². The van der Waals surface area contributed by atoms with E-state index in [1.165, 1.54) is 6.42 Å². The van der Waals surface area contributed by atoms with E-state index in [1.807, 2.05) is 17.0 Å². The molecule has 1 aromatic heterocycles. The van der Waals surface area contributed by atoms with E-state index in [2.05, 4.69) is 50.4 Å². The van der Waals surface area contributed by atoms with Crippen LogP contribution >= 0.6 is 0 Å². The largest absolute Gasteiger partial charge is 0.421 e. The minimum atomic E-state index is -4.59. The summed E-state index contributed by atoms with van der Waals surface area (Å²) in [6.07, 6.45) is 4.90. The number of piperazine rings is 1. The summed E-state index contributed by atoms with van der Waals surface area (Å²) in [5, 5.41) is 6.06. The number of carbonyl (C=O) groups is 1. The summed E-state index contributed by atoms with van der Waals surface area (Å²) in [4.78, 5) is 28.0. The molecule has 0 radical (unpaired) electrons. The number of aromatic nitrogens is 2. The number of aryl methyl sites for hydroxylation is 1. The fourth-order valence-electron chi connectivity index (χ4n) is 6.51. The Kier molecular flexibility index (Phi) is 9.75. The smallest absolute Gasteiger partial charge is 0.369 e. The Morgan fingerprint density at radius 2 is 1.81 bits per heavy atom. The first-order chi connectivity index (χ1) is 20.2.